The Morgan fingerprint density at radius 2 is 2.06 bits per heavy atom. The number of nitrogens with two attached hydrogens (primary N) is 1. The van der Waals surface area contributed by atoms with E-state index >= 15 is 0 Å². The molecule has 0 aliphatic heterocycles. The number of anilines is 1. The minimum absolute atomic E-state index is 0.470. The summed E-state index contributed by atoms with van der Waals surface area (Å²) in [5, 5.41) is 0.818. The van der Waals surface area contributed by atoms with Crippen molar-refractivity contribution in [2.45, 2.75) is 0 Å². The van der Waals surface area contributed by atoms with Crippen molar-refractivity contribution < 1.29 is 4.74 Å². The third-order valence-corrected chi connectivity index (χ3v) is 2.85. The average Bonchev–Trinajstić information content (AvgIpc) is 2.84. The standard InChI is InChI=1S/C13H12N4O/c1-18-11-5-3-2-4-8(11)10-6-9-12(14)15-7-16-13(9)17-10/h2-7H,1H3,(H3,14,15,16,17). The van der Waals surface area contributed by atoms with Crippen LogP contribution in [0.5, 0.6) is 5.75 Å². The molecule has 0 aliphatic rings. The lowest BCUT2D eigenvalue weighted by atomic mass is 10.1. The van der Waals surface area contributed by atoms with Crippen molar-refractivity contribution in [1.29, 1.82) is 0 Å². The Morgan fingerprint density at radius 1 is 1.22 bits per heavy atom. The molecular formula is C13H12N4O. The first-order chi connectivity index (χ1) is 8.79. The van der Waals surface area contributed by atoms with Gasteiger partial charge in [0.1, 0.15) is 23.5 Å². The van der Waals surface area contributed by atoms with E-state index in [0.717, 1.165) is 28.0 Å². The van der Waals surface area contributed by atoms with Crippen LogP contribution < -0.4 is 10.5 Å². The summed E-state index contributed by atoms with van der Waals surface area (Å²) < 4.78 is 5.34. The van der Waals surface area contributed by atoms with E-state index in [0.29, 0.717) is 5.82 Å². The lowest BCUT2D eigenvalue weighted by Gasteiger charge is -2.05. The molecular weight excluding hydrogens is 228 g/mol. The molecule has 1 aromatic carbocycles. The molecule has 18 heavy (non-hydrogen) atoms. The molecule has 3 N–H and O–H groups in total. The van der Waals surface area contributed by atoms with Gasteiger partial charge in [-0.2, -0.15) is 0 Å². The van der Waals surface area contributed by atoms with Gasteiger partial charge in [-0.3, -0.25) is 0 Å². The number of aromatic amines is 1. The van der Waals surface area contributed by atoms with E-state index < -0.39 is 0 Å². The van der Waals surface area contributed by atoms with E-state index in [1.54, 1.807) is 7.11 Å². The van der Waals surface area contributed by atoms with E-state index in [4.69, 9.17) is 10.5 Å². The number of para-hydroxylation sites is 1. The fourth-order valence-electron chi connectivity index (χ4n) is 1.97. The highest BCUT2D eigenvalue weighted by Gasteiger charge is 2.10. The zero-order valence-corrected chi connectivity index (χ0v) is 9.84. The lowest BCUT2D eigenvalue weighted by Crippen LogP contribution is -1.90. The number of benzene rings is 1. The maximum Gasteiger partial charge on any atom is 0.143 e. The van der Waals surface area contributed by atoms with Gasteiger partial charge in [0.2, 0.25) is 0 Å². The van der Waals surface area contributed by atoms with Crippen LogP contribution in [0.15, 0.2) is 36.7 Å². The maximum atomic E-state index is 5.82. The van der Waals surface area contributed by atoms with Crippen molar-refractivity contribution in [2.75, 3.05) is 12.8 Å². The van der Waals surface area contributed by atoms with E-state index in [-0.39, 0.29) is 0 Å². The SMILES string of the molecule is COc1ccccc1-c1cc2c(N)ncnc2[nH]1. The van der Waals surface area contributed by atoms with Crippen molar-refractivity contribution >= 4 is 16.9 Å². The summed E-state index contributed by atoms with van der Waals surface area (Å²) in [5.74, 6) is 1.27. The largest absolute Gasteiger partial charge is 0.496 e. The quantitative estimate of drug-likeness (QED) is 0.720. The number of ether oxygens (including phenoxy) is 1. The minimum Gasteiger partial charge on any atom is -0.496 e. The van der Waals surface area contributed by atoms with Gasteiger partial charge in [-0.05, 0) is 18.2 Å². The van der Waals surface area contributed by atoms with Crippen molar-refractivity contribution in [1.82, 2.24) is 15.0 Å². The van der Waals surface area contributed by atoms with Gasteiger partial charge in [0.25, 0.3) is 0 Å². The van der Waals surface area contributed by atoms with E-state index in [9.17, 15) is 0 Å². The van der Waals surface area contributed by atoms with Crippen LogP contribution in [0.25, 0.3) is 22.3 Å². The maximum absolute atomic E-state index is 5.82. The Kier molecular flexibility index (Phi) is 2.37. The van der Waals surface area contributed by atoms with Crippen molar-refractivity contribution in [2.24, 2.45) is 0 Å². The van der Waals surface area contributed by atoms with Crippen LogP contribution in [-0.2, 0) is 0 Å². The molecule has 0 saturated heterocycles. The number of rotatable bonds is 2. The van der Waals surface area contributed by atoms with Gasteiger partial charge in [0.05, 0.1) is 18.2 Å². The van der Waals surface area contributed by atoms with Crippen molar-refractivity contribution in [3.05, 3.63) is 36.7 Å². The first-order valence-corrected chi connectivity index (χ1v) is 5.52. The summed E-state index contributed by atoms with van der Waals surface area (Å²) in [4.78, 5) is 11.3. The first-order valence-electron chi connectivity index (χ1n) is 5.52. The van der Waals surface area contributed by atoms with Gasteiger partial charge < -0.3 is 15.5 Å². The van der Waals surface area contributed by atoms with Crippen molar-refractivity contribution in [3.8, 4) is 17.0 Å². The van der Waals surface area contributed by atoms with E-state index in [1.807, 2.05) is 30.3 Å². The molecule has 0 unspecified atom stereocenters. The molecule has 3 aromatic rings. The molecule has 0 spiro atoms. The van der Waals surface area contributed by atoms with Gasteiger partial charge in [-0.1, -0.05) is 12.1 Å². The zero-order valence-electron chi connectivity index (χ0n) is 9.84. The van der Waals surface area contributed by atoms with Crippen LogP contribution in [-0.4, -0.2) is 22.1 Å². The predicted octanol–water partition coefficient (Wildman–Crippen LogP) is 2.22. The van der Waals surface area contributed by atoms with Crippen LogP contribution in [0.1, 0.15) is 0 Å². The summed E-state index contributed by atoms with van der Waals surface area (Å²) >= 11 is 0. The molecule has 3 rings (SSSR count). The lowest BCUT2D eigenvalue weighted by molar-refractivity contribution is 0.416. The molecule has 5 heteroatoms. The van der Waals surface area contributed by atoms with Crippen LogP contribution in [0, 0.1) is 0 Å². The molecule has 0 radical (unpaired) electrons. The molecule has 5 nitrogen and oxygen atoms in total. The Hall–Kier alpha value is -2.56. The number of methoxy groups -OCH3 is 1. The van der Waals surface area contributed by atoms with Gasteiger partial charge in [-0.15, -0.1) is 0 Å². The molecule has 0 fully saturated rings. The summed E-state index contributed by atoms with van der Waals surface area (Å²) in [6.07, 6.45) is 1.44. The topological polar surface area (TPSA) is 76.8 Å². The molecule has 0 atom stereocenters. The Labute approximate surface area is 104 Å². The number of hydrogen-bond acceptors (Lipinski definition) is 4. The van der Waals surface area contributed by atoms with Crippen LogP contribution in [0.4, 0.5) is 5.82 Å². The fourth-order valence-corrected chi connectivity index (χ4v) is 1.97. The molecule has 0 amide bonds. The van der Waals surface area contributed by atoms with Crippen LogP contribution in [0.3, 0.4) is 0 Å². The minimum atomic E-state index is 0.470. The molecule has 2 heterocycles. The van der Waals surface area contributed by atoms with Gasteiger partial charge >= 0.3 is 0 Å². The second-order valence-electron chi connectivity index (χ2n) is 3.90. The third kappa shape index (κ3) is 1.57. The number of nitrogens with zero attached hydrogens (tertiary/aromatic N) is 2. The molecule has 90 valence electrons. The number of nitrogen functional groups attached to an aromatic ring is 1. The Morgan fingerprint density at radius 3 is 2.83 bits per heavy atom. The second kappa shape index (κ2) is 4.03. The summed E-state index contributed by atoms with van der Waals surface area (Å²) in [6.45, 7) is 0. The van der Waals surface area contributed by atoms with E-state index in [2.05, 4.69) is 15.0 Å². The monoisotopic (exact) mass is 240 g/mol. The summed E-state index contributed by atoms with van der Waals surface area (Å²) in [5.41, 5.74) is 8.42. The first kappa shape index (κ1) is 10.6. The second-order valence-corrected chi connectivity index (χ2v) is 3.90. The molecule has 0 bridgehead atoms. The predicted molar refractivity (Wildman–Crippen MR) is 70.3 cm³/mol. The van der Waals surface area contributed by atoms with Crippen LogP contribution >= 0.6 is 0 Å². The smallest absolute Gasteiger partial charge is 0.143 e. The Bertz CT molecular complexity index is 705. The number of aromatic nitrogens is 3. The number of nitrogens with one attached hydrogen (secondary N) is 1. The highest BCUT2D eigenvalue weighted by Crippen LogP contribution is 2.31. The van der Waals surface area contributed by atoms with Gasteiger partial charge in [0, 0.05) is 5.56 Å². The number of hydrogen-bond donors (Lipinski definition) is 2. The molecule has 0 aliphatic carbocycles. The normalized spacial score (nSPS) is 10.7. The number of H-pyrrole nitrogens is 1. The van der Waals surface area contributed by atoms with Gasteiger partial charge in [-0.25, -0.2) is 9.97 Å². The van der Waals surface area contributed by atoms with E-state index in [1.165, 1.54) is 6.33 Å². The van der Waals surface area contributed by atoms with Gasteiger partial charge in [0.15, 0.2) is 0 Å². The average molecular weight is 240 g/mol. The third-order valence-electron chi connectivity index (χ3n) is 2.85. The zero-order chi connectivity index (χ0) is 12.5. The van der Waals surface area contributed by atoms with Crippen LogP contribution in [0.2, 0.25) is 0 Å². The highest BCUT2D eigenvalue weighted by molar-refractivity contribution is 5.91. The highest BCUT2D eigenvalue weighted by atomic mass is 16.5. The number of fused-ring (bicyclic) bond motifs is 1. The van der Waals surface area contributed by atoms with Crippen molar-refractivity contribution in [3.63, 3.8) is 0 Å². The molecule has 2 aromatic heterocycles. The molecule has 0 saturated carbocycles. The summed E-state index contributed by atoms with van der Waals surface area (Å²) in [6, 6.07) is 9.71. The summed E-state index contributed by atoms with van der Waals surface area (Å²) in [7, 11) is 1.65. The fraction of sp³-hybridized carbons (Fsp3) is 0.0769. The Balaban J connectivity index is 2.23.